The van der Waals surface area contributed by atoms with Crippen molar-refractivity contribution in [3.05, 3.63) is 5.32 Å². The third kappa shape index (κ3) is 0.823. The summed E-state index contributed by atoms with van der Waals surface area (Å²) in [5.41, 5.74) is 0. The van der Waals surface area contributed by atoms with Crippen LogP contribution in [0.3, 0.4) is 0 Å². The summed E-state index contributed by atoms with van der Waals surface area (Å²) in [7, 11) is 0. The molecule has 8 heavy (non-hydrogen) atoms. The second-order valence-electron chi connectivity index (χ2n) is 2.30. The van der Waals surface area contributed by atoms with Crippen LogP contribution in [0, 0.1) is 23.2 Å². The van der Waals surface area contributed by atoms with Gasteiger partial charge in [-0.3, -0.25) is 0 Å². The quantitative estimate of drug-likeness (QED) is 0.459. The highest BCUT2D eigenvalue weighted by Gasteiger charge is 2.13. The summed E-state index contributed by atoms with van der Waals surface area (Å²) in [6.07, 6.45) is 0. The van der Waals surface area contributed by atoms with E-state index in [2.05, 4.69) is 18.3 Å². The van der Waals surface area contributed by atoms with Crippen LogP contribution in [-0.2, 0) is 0 Å². The van der Waals surface area contributed by atoms with Crippen molar-refractivity contribution in [2.45, 2.75) is 6.92 Å². The molecule has 0 aromatic heterocycles. The molecule has 1 rings (SSSR count). The molecule has 2 unspecified atom stereocenters. The maximum atomic E-state index is 8.43. The molecule has 1 fully saturated rings. The van der Waals surface area contributed by atoms with Gasteiger partial charge in [-0.05, 0) is 5.92 Å². The van der Waals surface area contributed by atoms with Crippen molar-refractivity contribution in [2.75, 3.05) is 13.1 Å². The van der Waals surface area contributed by atoms with E-state index < -0.39 is 0 Å². The third-order valence-electron chi connectivity index (χ3n) is 1.60. The maximum Gasteiger partial charge on any atom is 0.0639 e. The Bertz CT molecular complexity index is 114. The molecular formula is C6H9N2-. The average molecular weight is 109 g/mol. The Morgan fingerprint density at radius 2 is 2.38 bits per heavy atom. The highest BCUT2D eigenvalue weighted by molar-refractivity contribution is 5.05. The van der Waals surface area contributed by atoms with E-state index in [1.165, 1.54) is 0 Å². The monoisotopic (exact) mass is 109 g/mol. The molecule has 2 heteroatoms. The molecule has 2 nitrogen and oxygen atoms in total. The Morgan fingerprint density at radius 1 is 1.62 bits per heavy atom. The van der Waals surface area contributed by atoms with Gasteiger partial charge < -0.3 is 5.32 Å². The number of hydrogen-bond acceptors (Lipinski definition) is 1. The molecule has 44 valence electrons. The predicted molar refractivity (Wildman–Crippen MR) is 31.4 cm³/mol. The van der Waals surface area contributed by atoms with E-state index >= 15 is 0 Å². The normalized spacial score (nSPS) is 37.0. The zero-order chi connectivity index (χ0) is 5.98. The van der Waals surface area contributed by atoms with Gasteiger partial charge in [0.25, 0.3) is 0 Å². The van der Waals surface area contributed by atoms with Crippen molar-refractivity contribution in [3.8, 4) is 6.07 Å². The molecule has 0 radical (unpaired) electrons. The molecule has 0 bridgehead atoms. The molecular weight excluding hydrogens is 100 g/mol. The fourth-order valence-electron chi connectivity index (χ4n) is 0.893. The Morgan fingerprint density at radius 3 is 2.62 bits per heavy atom. The second-order valence-corrected chi connectivity index (χ2v) is 2.30. The van der Waals surface area contributed by atoms with Gasteiger partial charge in [-0.1, -0.05) is 6.92 Å². The van der Waals surface area contributed by atoms with Crippen molar-refractivity contribution in [1.82, 2.24) is 0 Å². The van der Waals surface area contributed by atoms with Gasteiger partial charge in [0.05, 0.1) is 6.07 Å². The number of nitriles is 1. The Labute approximate surface area is 49.5 Å². The smallest absolute Gasteiger partial charge is 0.0639 e. The van der Waals surface area contributed by atoms with Gasteiger partial charge >= 0.3 is 0 Å². The van der Waals surface area contributed by atoms with Crippen LogP contribution in [0.5, 0.6) is 0 Å². The summed E-state index contributed by atoms with van der Waals surface area (Å²) in [4.78, 5) is 0. The minimum atomic E-state index is 0.204. The molecule has 0 spiro atoms. The van der Waals surface area contributed by atoms with Crippen LogP contribution in [0.25, 0.3) is 5.32 Å². The number of hydrogen-bond donors (Lipinski definition) is 0. The van der Waals surface area contributed by atoms with Gasteiger partial charge in [0.1, 0.15) is 0 Å². The van der Waals surface area contributed by atoms with Crippen LogP contribution in [0.4, 0.5) is 0 Å². The summed E-state index contributed by atoms with van der Waals surface area (Å²) in [6, 6.07) is 2.22. The molecule has 0 N–H and O–H groups in total. The van der Waals surface area contributed by atoms with Crippen molar-refractivity contribution in [1.29, 1.82) is 5.26 Å². The van der Waals surface area contributed by atoms with E-state index in [0.717, 1.165) is 13.1 Å². The summed E-state index contributed by atoms with van der Waals surface area (Å²) in [6.45, 7) is 3.72. The first-order chi connectivity index (χ1) is 3.84. The van der Waals surface area contributed by atoms with Gasteiger partial charge in [-0.25, -0.2) is 0 Å². The second kappa shape index (κ2) is 2.15. The summed E-state index contributed by atoms with van der Waals surface area (Å²) < 4.78 is 0. The van der Waals surface area contributed by atoms with Crippen molar-refractivity contribution < 1.29 is 0 Å². The predicted octanol–water partition coefficient (Wildman–Crippen LogP) is 1.15. The van der Waals surface area contributed by atoms with Gasteiger partial charge in [0.2, 0.25) is 0 Å². The lowest BCUT2D eigenvalue weighted by Crippen LogP contribution is -2.04. The first-order valence-electron chi connectivity index (χ1n) is 2.87. The molecule has 0 aromatic carbocycles. The largest absolute Gasteiger partial charge is 0.661 e. The molecule has 0 aromatic rings. The number of rotatable bonds is 0. The van der Waals surface area contributed by atoms with Crippen molar-refractivity contribution in [3.63, 3.8) is 0 Å². The lowest BCUT2D eigenvalue weighted by molar-refractivity contribution is 0.554. The topological polar surface area (TPSA) is 37.9 Å². The molecule has 1 aliphatic rings. The summed E-state index contributed by atoms with van der Waals surface area (Å²) in [5.74, 6) is 0.704. The average Bonchev–Trinajstić information content (AvgIpc) is 2.14. The maximum absolute atomic E-state index is 8.43. The van der Waals surface area contributed by atoms with Crippen molar-refractivity contribution in [2.24, 2.45) is 11.8 Å². The third-order valence-corrected chi connectivity index (χ3v) is 1.60. The lowest BCUT2D eigenvalue weighted by Gasteiger charge is -2.05. The molecule has 1 aliphatic heterocycles. The van der Waals surface area contributed by atoms with Gasteiger partial charge in [0.15, 0.2) is 0 Å². The van der Waals surface area contributed by atoms with E-state index in [4.69, 9.17) is 5.26 Å². The van der Waals surface area contributed by atoms with E-state index in [1.807, 2.05) is 0 Å². The minimum Gasteiger partial charge on any atom is -0.661 e. The van der Waals surface area contributed by atoms with Crippen LogP contribution in [-0.4, -0.2) is 13.1 Å². The lowest BCUT2D eigenvalue weighted by atomic mass is 10.0. The van der Waals surface area contributed by atoms with Gasteiger partial charge in [0, 0.05) is 5.92 Å². The minimum absolute atomic E-state index is 0.204. The molecule has 1 saturated heterocycles. The molecule has 0 aliphatic carbocycles. The van der Waals surface area contributed by atoms with Gasteiger partial charge in [-0.2, -0.15) is 5.26 Å². The zero-order valence-corrected chi connectivity index (χ0v) is 4.96. The van der Waals surface area contributed by atoms with E-state index in [-0.39, 0.29) is 5.92 Å². The van der Waals surface area contributed by atoms with E-state index in [9.17, 15) is 0 Å². The Kier molecular flexibility index (Phi) is 1.50. The Hall–Kier alpha value is -0.550. The van der Waals surface area contributed by atoms with Crippen LogP contribution >= 0.6 is 0 Å². The van der Waals surface area contributed by atoms with Crippen LogP contribution in [0.1, 0.15) is 6.92 Å². The van der Waals surface area contributed by atoms with Crippen LogP contribution < -0.4 is 0 Å². The fourth-order valence-corrected chi connectivity index (χ4v) is 0.893. The van der Waals surface area contributed by atoms with Crippen molar-refractivity contribution >= 4 is 0 Å². The highest BCUT2D eigenvalue weighted by Crippen LogP contribution is 2.22. The first kappa shape index (κ1) is 5.58. The first-order valence-corrected chi connectivity index (χ1v) is 2.87. The Balaban J connectivity index is 2.45. The highest BCUT2D eigenvalue weighted by atomic mass is 14.9. The van der Waals surface area contributed by atoms with Gasteiger partial charge in [-0.15, -0.1) is 13.1 Å². The molecule has 2 atom stereocenters. The SMILES string of the molecule is CC1C[N-]CC1C#N. The van der Waals surface area contributed by atoms with Crippen LogP contribution in [0.15, 0.2) is 0 Å². The van der Waals surface area contributed by atoms with Crippen LogP contribution in [0.2, 0.25) is 0 Å². The molecule has 1 heterocycles. The van der Waals surface area contributed by atoms with E-state index in [0.29, 0.717) is 5.92 Å². The molecule has 0 saturated carbocycles. The number of nitrogens with zero attached hydrogens (tertiary/aromatic N) is 2. The van der Waals surface area contributed by atoms with E-state index in [1.54, 1.807) is 0 Å². The fraction of sp³-hybridized carbons (Fsp3) is 0.833. The summed E-state index contributed by atoms with van der Waals surface area (Å²) in [5, 5.41) is 12.5. The summed E-state index contributed by atoms with van der Waals surface area (Å²) >= 11 is 0. The standard InChI is InChI=1S/C6H9N2/c1-5-3-8-4-6(5)2-7/h5-6H,3-4H2,1H3/q-1. The molecule has 0 amide bonds. The zero-order valence-electron chi connectivity index (χ0n) is 4.96.